The molecule has 1 fully saturated rings. The third-order valence-electron chi connectivity index (χ3n) is 6.99. The Morgan fingerprint density at radius 1 is 1.06 bits per heavy atom. The highest BCUT2D eigenvalue weighted by atomic mass is 35.5. The van der Waals surface area contributed by atoms with E-state index in [0.29, 0.717) is 32.1 Å². The van der Waals surface area contributed by atoms with Crippen molar-refractivity contribution in [3.05, 3.63) is 52.0 Å². The number of rotatable bonds is 3. The molecule has 1 saturated carbocycles. The van der Waals surface area contributed by atoms with Crippen LogP contribution in [0.2, 0.25) is 5.02 Å². The molecule has 1 spiro atoms. The number of halogens is 1. The van der Waals surface area contributed by atoms with Gasteiger partial charge in [-0.15, -0.1) is 0 Å². The largest absolute Gasteiger partial charge is 0.486 e. The number of ether oxygens (including phenoxy) is 2. The van der Waals surface area contributed by atoms with Gasteiger partial charge in [-0.3, -0.25) is 4.79 Å². The molecule has 0 aromatic heterocycles. The topological polar surface area (TPSA) is 76.2 Å². The molecule has 2 aromatic carbocycles. The fourth-order valence-electron chi connectivity index (χ4n) is 5.30. The predicted molar refractivity (Wildman–Crippen MR) is 125 cm³/mol. The molecule has 2 aromatic rings. The predicted octanol–water partition coefficient (Wildman–Crippen LogP) is 3.83. The number of fused-ring (bicyclic) bond motifs is 3. The SMILES string of the molecule is CN(C)S(=O)(=O)c1ccc(Cl)c(C(=O)N2Cc3cc4c(cc3C3(CCCC3)C2)OCCO4)c1. The van der Waals surface area contributed by atoms with Crippen LogP contribution in [0.1, 0.15) is 47.2 Å². The van der Waals surface area contributed by atoms with Gasteiger partial charge in [0.2, 0.25) is 10.0 Å². The lowest BCUT2D eigenvalue weighted by molar-refractivity contribution is 0.0669. The Morgan fingerprint density at radius 2 is 1.73 bits per heavy atom. The van der Waals surface area contributed by atoms with Crippen molar-refractivity contribution in [2.75, 3.05) is 33.9 Å². The Morgan fingerprint density at radius 3 is 2.39 bits per heavy atom. The molecule has 2 heterocycles. The third kappa shape index (κ3) is 3.78. The van der Waals surface area contributed by atoms with E-state index in [1.165, 1.54) is 37.9 Å². The van der Waals surface area contributed by atoms with Crippen LogP contribution in [0.25, 0.3) is 0 Å². The van der Waals surface area contributed by atoms with Crippen molar-refractivity contribution in [1.29, 1.82) is 0 Å². The highest BCUT2D eigenvalue weighted by Crippen LogP contribution is 2.49. The molecule has 1 aliphatic carbocycles. The summed E-state index contributed by atoms with van der Waals surface area (Å²) in [4.78, 5) is 15.5. The second kappa shape index (κ2) is 8.18. The molecule has 0 radical (unpaired) electrons. The van der Waals surface area contributed by atoms with E-state index in [2.05, 4.69) is 6.07 Å². The molecule has 176 valence electrons. The van der Waals surface area contributed by atoms with E-state index in [4.69, 9.17) is 21.1 Å². The van der Waals surface area contributed by atoms with Gasteiger partial charge in [-0.2, -0.15) is 0 Å². The summed E-state index contributed by atoms with van der Waals surface area (Å²) in [7, 11) is -0.765. The van der Waals surface area contributed by atoms with Crippen LogP contribution in [0.4, 0.5) is 0 Å². The maximum atomic E-state index is 13.7. The number of hydrogen-bond donors (Lipinski definition) is 0. The van der Waals surface area contributed by atoms with E-state index >= 15 is 0 Å². The van der Waals surface area contributed by atoms with Gasteiger partial charge >= 0.3 is 0 Å². The second-order valence-corrected chi connectivity index (χ2v) is 11.8. The van der Waals surface area contributed by atoms with Crippen LogP contribution in [-0.2, 0) is 22.0 Å². The van der Waals surface area contributed by atoms with E-state index < -0.39 is 10.0 Å². The molecule has 0 bridgehead atoms. The summed E-state index contributed by atoms with van der Waals surface area (Å²) in [6.45, 7) is 2.02. The quantitative estimate of drug-likeness (QED) is 0.653. The number of carbonyl (C=O) groups excluding carboxylic acids is 1. The minimum absolute atomic E-state index is 0.0489. The average Bonchev–Trinajstić information content (AvgIpc) is 3.26. The number of amides is 1. The first-order valence-electron chi connectivity index (χ1n) is 11.2. The minimum atomic E-state index is -3.69. The van der Waals surface area contributed by atoms with Gasteiger partial charge in [-0.1, -0.05) is 24.4 Å². The summed E-state index contributed by atoms with van der Waals surface area (Å²) in [5, 5.41) is 0.242. The third-order valence-corrected chi connectivity index (χ3v) is 9.13. The fraction of sp³-hybridized carbons (Fsp3) is 0.458. The summed E-state index contributed by atoms with van der Waals surface area (Å²) in [6.07, 6.45) is 4.19. The first-order valence-corrected chi connectivity index (χ1v) is 13.0. The lowest BCUT2D eigenvalue weighted by Crippen LogP contribution is -2.47. The molecule has 1 amide bonds. The Balaban J connectivity index is 1.54. The Bertz CT molecular complexity index is 1220. The molecule has 0 atom stereocenters. The maximum absolute atomic E-state index is 13.7. The zero-order valence-electron chi connectivity index (χ0n) is 18.8. The summed E-state index contributed by atoms with van der Waals surface area (Å²) in [6, 6.07) is 8.41. The van der Waals surface area contributed by atoms with Crippen LogP contribution >= 0.6 is 11.6 Å². The maximum Gasteiger partial charge on any atom is 0.255 e. The number of benzene rings is 2. The van der Waals surface area contributed by atoms with Crippen LogP contribution in [0.15, 0.2) is 35.2 Å². The highest BCUT2D eigenvalue weighted by molar-refractivity contribution is 7.89. The Hall–Kier alpha value is -2.29. The number of carbonyl (C=O) groups is 1. The minimum Gasteiger partial charge on any atom is -0.486 e. The molecular formula is C24H27ClN2O5S. The van der Waals surface area contributed by atoms with Gasteiger partial charge in [0.15, 0.2) is 11.5 Å². The molecule has 7 nitrogen and oxygen atoms in total. The zero-order valence-corrected chi connectivity index (χ0v) is 20.3. The van der Waals surface area contributed by atoms with Gasteiger partial charge in [0.05, 0.1) is 15.5 Å². The first-order chi connectivity index (χ1) is 15.7. The standard InChI is InChI=1S/C24H27ClN2O5S/c1-26(2)33(29,30)17-5-6-20(25)18(12-17)23(28)27-14-16-11-21-22(32-10-9-31-21)13-19(16)24(15-27)7-3-4-8-24/h5-6,11-13H,3-4,7-10,14-15H2,1-2H3. The van der Waals surface area contributed by atoms with Gasteiger partial charge in [-0.25, -0.2) is 12.7 Å². The van der Waals surface area contributed by atoms with Gasteiger partial charge in [0, 0.05) is 32.6 Å². The average molecular weight is 491 g/mol. The van der Waals surface area contributed by atoms with Crippen LogP contribution in [0.5, 0.6) is 11.5 Å². The summed E-state index contributed by atoms with van der Waals surface area (Å²) in [5.74, 6) is 1.22. The number of nitrogens with zero attached hydrogens (tertiary/aromatic N) is 2. The van der Waals surface area contributed by atoms with Gasteiger partial charge in [0.25, 0.3) is 5.91 Å². The Kier molecular flexibility index (Phi) is 5.58. The molecule has 2 aliphatic heterocycles. The molecule has 3 aliphatic rings. The van der Waals surface area contributed by atoms with E-state index in [-0.39, 0.29) is 26.8 Å². The van der Waals surface area contributed by atoms with E-state index in [1.807, 2.05) is 6.07 Å². The van der Waals surface area contributed by atoms with Crippen LogP contribution in [-0.4, -0.2) is 57.4 Å². The number of hydrogen-bond acceptors (Lipinski definition) is 5. The molecule has 0 unspecified atom stereocenters. The van der Waals surface area contributed by atoms with Crippen LogP contribution in [0, 0.1) is 0 Å². The van der Waals surface area contributed by atoms with Crippen molar-refractivity contribution in [3.63, 3.8) is 0 Å². The van der Waals surface area contributed by atoms with E-state index in [0.717, 1.165) is 41.3 Å². The van der Waals surface area contributed by atoms with E-state index in [9.17, 15) is 13.2 Å². The van der Waals surface area contributed by atoms with Crippen LogP contribution < -0.4 is 9.47 Å². The molecule has 5 rings (SSSR count). The van der Waals surface area contributed by atoms with Crippen molar-refractivity contribution < 1.29 is 22.7 Å². The van der Waals surface area contributed by atoms with Gasteiger partial charge < -0.3 is 14.4 Å². The van der Waals surface area contributed by atoms with E-state index in [1.54, 1.807) is 4.90 Å². The smallest absolute Gasteiger partial charge is 0.255 e. The van der Waals surface area contributed by atoms with Crippen molar-refractivity contribution in [3.8, 4) is 11.5 Å². The highest BCUT2D eigenvalue weighted by Gasteiger charge is 2.44. The van der Waals surface area contributed by atoms with Crippen molar-refractivity contribution in [2.24, 2.45) is 0 Å². The number of sulfonamides is 1. The lowest BCUT2D eigenvalue weighted by atomic mass is 9.73. The monoisotopic (exact) mass is 490 g/mol. The lowest BCUT2D eigenvalue weighted by Gasteiger charge is -2.43. The normalized spacial score (nSPS) is 19.1. The summed E-state index contributed by atoms with van der Waals surface area (Å²) >= 11 is 6.39. The van der Waals surface area contributed by atoms with Crippen LogP contribution in [0.3, 0.4) is 0 Å². The molecule has 0 saturated heterocycles. The van der Waals surface area contributed by atoms with Crippen molar-refractivity contribution in [1.82, 2.24) is 9.21 Å². The molecule has 0 N–H and O–H groups in total. The van der Waals surface area contributed by atoms with Crippen molar-refractivity contribution >= 4 is 27.5 Å². The van der Waals surface area contributed by atoms with Gasteiger partial charge in [-0.05, 0) is 54.3 Å². The van der Waals surface area contributed by atoms with Gasteiger partial charge in [0.1, 0.15) is 13.2 Å². The van der Waals surface area contributed by atoms with Crippen molar-refractivity contribution in [2.45, 2.75) is 42.5 Å². The summed E-state index contributed by atoms with van der Waals surface area (Å²) < 4.78 is 38.0. The molecular weight excluding hydrogens is 464 g/mol. The first kappa shape index (κ1) is 22.5. The second-order valence-electron chi connectivity index (χ2n) is 9.23. The summed E-state index contributed by atoms with van der Waals surface area (Å²) in [5.41, 5.74) is 2.35. The fourth-order valence-corrected chi connectivity index (χ4v) is 6.43. The molecule has 9 heteroatoms. The Labute approximate surface area is 199 Å². The molecule has 33 heavy (non-hydrogen) atoms. The zero-order chi connectivity index (χ0) is 23.4.